The maximum absolute atomic E-state index is 13.3. The molecule has 17 heavy (non-hydrogen) atoms. The predicted molar refractivity (Wildman–Crippen MR) is 65.3 cm³/mol. The molecule has 1 aliphatic rings. The molecule has 3 nitrogen and oxygen atoms in total. The zero-order chi connectivity index (χ0) is 12.3. The number of benzene rings is 1. The van der Waals surface area contributed by atoms with Gasteiger partial charge in [-0.2, -0.15) is 0 Å². The van der Waals surface area contributed by atoms with Gasteiger partial charge >= 0.3 is 0 Å². The number of likely N-dealkylation sites (N-methyl/N-ethyl adjacent to an activating group) is 1. The Morgan fingerprint density at radius 2 is 2.18 bits per heavy atom. The Morgan fingerprint density at radius 3 is 2.76 bits per heavy atom. The lowest BCUT2D eigenvalue weighted by Crippen LogP contribution is -2.34. The van der Waals surface area contributed by atoms with Crippen LogP contribution in [0.4, 0.5) is 10.1 Å². The van der Waals surface area contributed by atoms with E-state index >= 15 is 0 Å². The van der Waals surface area contributed by atoms with E-state index in [1.165, 1.54) is 18.9 Å². The summed E-state index contributed by atoms with van der Waals surface area (Å²) in [6, 6.07) is 6.77. The summed E-state index contributed by atoms with van der Waals surface area (Å²) >= 11 is 0. The molecule has 0 unspecified atom stereocenters. The second kappa shape index (κ2) is 5.27. The Bertz CT molecular complexity index is 404. The minimum Gasteiger partial charge on any atom is -0.322 e. The lowest BCUT2D eigenvalue weighted by molar-refractivity contribution is -0.117. The maximum atomic E-state index is 13.3. The third-order valence-corrected chi connectivity index (χ3v) is 2.96. The minimum atomic E-state index is -0.393. The summed E-state index contributed by atoms with van der Waals surface area (Å²) in [5, 5.41) is 2.60. The van der Waals surface area contributed by atoms with Crippen LogP contribution in [0.15, 0.2) is 24.3 Å². The Hall–Kier alpha value is -1.42. The number of para-hydroxylation sites is 1. The molecule has 0 spiro atoms. The summed E-state index contributed by atoms with van der Waals surface area (Å²) < 4.78 is 13.3. The van der Waals surface area contributed by atoms with Crippen molar-refractivity contribution in [3.63, 3.8) is 0 Å². The van der Waals surface area contributed by atoms with E-state index in [1.54, 1.807) is 18.2 Å². The van der Waals surface area contributed by atoms with Gasteiger partial charge in [0.1, 0.15) is 5.82 Å². The number of hydrogen-bond donors (Lipinski definition) is 1. The van der Waals surface area contributed by atoms with Crippen LogP contribution in [-0.2, 0) is 4.79 Å². The quantitative estimate of drug-likeness (QED) is 0.850. The van der Waals surface area contributed by atoms with Gasteiger partial charge in [-0.15, -0.1) is 0 Å². The summed E-state index contributed by atoms with van der Waals surface area (Å²) in [5.41, 5.74) is 0.254. The van der Waals surface area contributed by atoms with Crippen molar-refractivity contribution in [2.45, 2.75) is 25.8 Å². The highest BCUT2D eigenvalue weighted by atomic mass is 19.1. The van der Waals surface area contributed by atoms with E-state index in [0.717, 1.165) is 6.54 Å². The third-order valence-electron chi connectivity index (χ3n) is 2.96. The molecule has 92 valence electrons. The van der Waals surface area contributed by atoms with E-state index in [-0.39, 0.29) is 11.6 Å². The fraction of sp³-hybridized carbons (Fsp3) is 0.462. The fourth-order valence-electron chi connectivity index (χ4n) is 1.88. The fourth-order valence-corrected chi connectivity index (χ4v) is 1.88. The van der Waals surface area contributed by atoms with Crippen LogP contribution in [0.5, 0.6) is 0 Å². The number of amides is 1. The highest BCUT2D eigenvalue weighted by Crippen LogP contribution is 2.26. The maximum Gasteiger partial charge on any atom is 0.238 e. The molecule has 0 radical (unpaired) electrons. The van der Waals surface area contributed by atoms with Gasteiger partial charge in [-0.05, 0) is 31.5 Å². The van der Waals surface area contributed by atoms with Gasteiger partial charge in [0.2, 0.25) is 5.91 Å². The lowest BCUT2D eigenvalue weighted by atomic mass is 10.3. The van der Waals surface area contributed by atoms with Gasteiger partial charge in [0, 0.05) is 6.04 Å². The van der Waals surface area contributed by atoms with Crippen LogP contribution < -0.4 is 5.32 Å². The molecule has 0 heterocycles. The lowest BCUT2D eigenvalue weighted by Gasteiger charge is -2.19. The molecule has 1 amide bonds. The SMILES string of the molecule is CCN(CC(=O)Nc1ccccc1F)C1CC1. The van der Waals surface area contributed by atoms with E-state index in [9.17, 15) is 9.18 Å². The Balaban J connectivity index is 1.90. The number of anilines is 1. The standard InChI is InChI=1S/C13H17FN2O/c1-2-16(10-7-8-10)9-13(17)15-12-6-4-3-5-11(12)14/h3-6,10H,2,7-9H2,1H3,(H,15,17). The molecule has 0 aromatic heterocycles. The summed E-state index contributed by atoms with van der Waals surface area (Å²) in [7, 11) is 0. The van der Waals surface area contributed by atoms with Gasteiger partial charge in [0.25, 0.3) is 0 Å². The topological polar surface area (TPSA) is 32.3 Å². The smallest absolute Gasteiger partial charge is 0.238 e. The normalized spacial score (nSPS) is 15.0. The molecule has 0 bridgehead atoms. The van der Waals surface area contributed by atoms with Crippen molar-refractivity contribution >= 4 is 11.6 Å². The van der Waals surface area contributed by atoms with Gasteiger partial charge in [-0.25, -0.2) is 4.39 Å². The molecule has 4 heteroatoms. The van der Waals surface area contributed by atoms with Crippen molar-refractivity contribution in [3.05, 3.63) is 30.1 Å². The first kappa shape index (κ1) is 12.0. The van der Waals surface area contributed by atoms with Crippen LogP contribution in [0.1, 0.15) is 19.8 Å². The molecule has 1 aromatic carbocycles. The second-order valence-electron chi connectivity index (χ2n) is 4.32. The first-order valence-corrected chi connectivity index (χ1v) is 5.99. The Labute approximate surface area is 101 Å². The Morgan fingerprint density at radius 1 is 1.47 bits per heavy atom. The van der Waals surface area contributed by atoms with Gasteiger partial charge < -0.3 is 5.32 Å². The predicted octanol–water partition coefficient (Wildman–Crippen LogP) is 2.25. The average Bonchev–Trinajstić information content (AvgIpc) is 3.13. The number of nitrogens with one attached hydrogen (secondary N) is 1. The van der Waals surface area contributed by atoms with Gasteiger partial charge in [-0.1, -0.05) is 19.1 Å². The number of rotatable bonds is 5. The monoisotopic (exact) mass is 236 g/mol. The van der Waals surface area contributed by atoms with Gasteiger partial charge in [0.05, 0.1) is 12.2 Å². The molecule has 0 aliphatic heterocycles. The summed E-state index contributed by atoms with van der Waals surface area (Å²) in [5.74, 6) is -0.542. The highest BCUT2D eigenvalue weighted by molar-refractivity contribution is 5.92. The first-order chi connectivity index (χ1) is 8.20. The van der Waals surface area contributed by atoms with Crippen molar-refractivity contribution in [1.29, 1.82) is 0 Å². The summed E-state index contributed by atoms with van der Waals surface area (Å²) in [6.45, 7) is 3.24. The van der Waals surface area contributed by atoms with Crippen molar-refractivity contribution in [2.24, 2.45) is 0 Å². The van der Waals surface area contributed by atoms with E-state index in [4.69, 9.17) is 0 Å². The van der Waals surface area contributed by atoms with E-state index in [1.807, 2.05) is 6.92 Å². The molecule has 2 rings (SSSR count). The molecule has 1 N–H and O–H groups in total. The van der Waals surface area contributed by atoms with Crippen LogP contribution in [-0.4, -0.2) is 29.9 Å². The molecule has 0 saturated heterocycles. The van der Waals surface area contributed by atoms with Crippen LogP contribution in [0.3, 0.4) is 0 Å². The Kier molecular flexibility index (Phi) is 3.74. The highest BCUT2D eigenvalue weighted by Gasteiger charge is 2.29. The van der Waals surface area contributed by atoms with E-state index in [0.29, 0.717) is 12.6 Å². The molecular formula is C13H17FN2O. The number of halogens is 1. The molecule has 1 saturated carbocycles. The first-order valence-electron chi connectivity index (χ1n) is 5.99. The molecule has 1 aliphatic carbocycles. The molecular weight excluding hydrogens is 219 g/mol. The van der Waals surface area contributed by atoms with Crippen LogP contribution in [0.25, 0.3) is 0 Å². The van der Waals surface area contributed by atoms with Gasteiger partial charge in [-0.3, -0.25) is 9.69 Å². The summed E-state index contributed by atoms with van der Waals surface area (Å²) in [6.07, 6.45) is 2.33. The molecule has 1 fully saturated rings. The average molecular weight is 236 g/mol. The van der Waals surface area contributed by atoms with Crippen molar-refractivity contribution < 1.29 is 9.18 Å². The zero-order valence-corrected chi connectivity index (χ0v) is 9.95. The van der Waals surface area contributed by atoms with Crippen LogP contribution >= 0.6 is 0 Å². The van der Waals surface area contributed by atoms with Crippen molar-refractivity contribution in [3.8, 4) is 0 Å². The van der Waals surface area contributed by atoms with E-state index < -0.39 is 5.82 Å². The number of hydrogen-bond acceptors (Lipinski definition) is 2. The molecule has 0 atom stereocenters. The van der Waals surface area contributed by atoms with Gasteiger partial charge in [0.15, 0.2) is 0 Å². The number of carbonyl (C=O) groups excluding carboxylic acids is 1. The van der Waals surface area contributed by atoms with Crippen LogP contribution in [0, 0.1) is 5.82 Å². The zero-order valence-electron chi connectivity index (χ0n) is 9.95. The second-order valence-corrected chi connectivity index (χ2v) is 4.32. The van der Waals surface area contributed by atoms with E-state index in [2.05, 4.69) is 10.2 Å². The summed E-state index contributed by atoms with van der Waals surface area (Å²) in [4.78, 5) is 13.9. The third kappa shape index (κ3) is 3.27. The van der Waals surface area contributed by atoms with Crippen molar-refractivity contribution in [2.75, 3.05) is 18.4 Å². The minimum absolute atomic E-state index is 0.149. The largest absolute Gasteiger partial charge is 0.322 e. The van der Waals surface area contributed by atoms with Crippen molar-refractivity contribution in [1.82, 2.24) is 4.90 Å². The van der Waals surface area contributed by atoms with Crippen LogP contribution in [0.2, 0.25) is 0 Å². The molecule has 1 aromatic rings. The number of carbonyl (C=O) groups is 1. The number of nitrogens with zero attached hydrogens (tertiary/aromatic N) is 1.